The lowest BCUT2D eigenvalue weighted by atomic mass is 10.1. The second-order valence-corrected chi connectivity index (χ2v) is 7.60. The monoisotopic (exact) mass is 332 g/mol. The summed E-state index contributed by atoms with van der Waals surface area (Å²) in [6.45, 7) is 1.51. The smallest absolute Gasteiger partial charge is 0.258 e. The summed E-state index contributed by atoms with van der Waals surface area (Å²) in [7, 11) is -1.90. The normalized spacial score (nSPS) is 18.8. The lowest BCUT2D eigenvalue weighted by Gasteiger charge is -2.26. The van der Waals surface area contributed by atoms with E-state index in [-0.39, 0.29) is 10.8 Å². The lowest BCUT2D eigenvalue weighted by molar-refractivity contribution is 0.0730. The first-order valence-electron chi connectivity index (χ1n) is 7.43. The minimum atomic E-state index is -3.61. The Bertz CT molecular complexity index is 917. The second-order valence-electron chi connectivity index (χ2n) is 5.69. The number of hydrogen-bond acceptors (Lipinski definition) is 4. The molecule has 7 heteroatoms. The van der Waals surface area contributed by atoms with Crippen LogP contribution in [0.15, 0.2) is 35.2 Å². The van der Waals surface area contributed by atoms with Gasteiger partial charge in [-0.05, 0) is 18.2 Å². The first-order chi connectivity index (χ1) is 11.0. The van der Waals surface area contributed by atoms with Crippen molar-refractivity contribution in [2.45, 2.75) is 4.90 Å². The van der Waals surface area contributed by atoms with Crippen molar-refractivity contribution >= 4 is 32.4 Å². The van der Waals surface area contributed by atoms with Crippen LogP contribution in [-0.2, 0) is 14.8 Å². The van der Waals surface area contributed by atoms with E-state index < -0.39 is 10.0 Å². The number of rotatable bonds is 2. The molecule has 0 radical (unpaired) electrons. The number of morpholine rings is 1. The fourth-order valence-corrected chi connectivity index (χ4v) is 4.86. The predicted molar refractivity (Wildman–Crippen MR) is 86.3 cm³/mol. The van der Waals surface area contributed by atoms with Crippen LogP contribution in [0.3, 0.4) is 0 Å². The van der Waals surface area contributed by atoms with E-state index in [0.29, 0.717) is 42.6 Å². The zero-order valence-electron chi connectivity index (χ0n) is 12.7. The third-order valence-electron chi connectivity index (χ3n) is 4.46. The summed E-state index contributed by atoms with van der Waals surface area (Å²) in [5.74, 6) is -0.105. The first-order valence-corrected chi connectivity index (χ1v) is 8.87. The van der Waals surface area contributed by atoms with E-state index >= 15 is 0 Å². The van der Waals surface area contributed by atoms with E-state index in [2.05, 4.69) is 0 Å². The molecule has 0 aromatic heterocycles. The highest BCUT2D eigenvalue weighted by molar-refractivity contribution is 7.89. The molecule has 4 rings (SSSR count). The van der Waals surface area contributed by atoms with Gasteiger partial charge < -0.3 is 9.64 Å². The number of nitrogens with zero attached hydrogens (tertiary/aromatic N) is 2. The van der Waals surface area contributed by atoms with E-state index in [4.69, 9.17) is 4.74 Å². The van der Waals surface area contributed by atoms with Gasteiger partial charge in [0.25, 0.3) is 5.91 Å². The summed E-state index contributed by atoms with van der Waals surface area (Å²) in [5.41, 5.74) is 1.31. The Morgan fingerprint density at radius 1 is 1.09 bits per heavy atom. The molecule has 120 valence electrons. The largest absolute Gasteiger partial charge is 0.379 e. The molecule has 0 saturated carbocycles. The SMILES string of the molecule is CN1C(=O)c2cccc3c(S(=O)(=O)N4CCOCC4)ccc1c23. The van der Waals surface area contributed by atoms with Gasteiger partial charge in [-0.25, -0.2) is 8.42 Å². The third kappa shape index (κ3) is 2.00. The van der Waals surface area contributed by atoms with Gasteiger partial charge in [-0.15, -0.1) is 0 Å². The second kappa shape index (κ2) is 5.02. The summed E-state index contributed by atoms with van der Waals surface area (Å²) in [6.07, 6.45) is 0. The summed E-state index contributed by atoms with van der Waals surface area (Å²) < 4.78 is 32.6. The molecule has 0 spiro atoms. The topological polar surface area (TPSA) is 66.9 Å². The van der Waals surface area contributed by atoms with Gasteiger partial charge in [0.15, 0.2) is 0 Å². The van der Waals surface area contributed by atoms with Crippen LogP contribution in [0.1, 0.15) is 10.4 Å². The maximum Gasteiger partial charge on any atom is 0.258 e. The Labute approximate surface area is 134 Å². The van der Waals surface area contributed by atoms with Crippen LogP contribution in [0.2, 0.25) is 0 Å². The van der Waals surface area contributed by atoms with Crippen molar-refractivity contribution in [2.75, 3.05) is 38.3 Å². The maximum atomic E-state index is 13.0. The Morgan fingerprint density at radius 3 is 2.57 bits per heavy atom. The molecule has 2 aromatic rings. The molecule has 23 heavy (non-hydrogen) atoms. The van der Waals surface area contributed by atoms with E-state index in [1.54, 1.807) is 42.3 Å². The van der Waals surface area contributed by atoms with Gasteiger partial charge in [0.05, 0.1) is 23.8 Å². The maximum absolute atomic E-state index is 13.0. The third-order valence-corrected chi connectivity index (χ3v) is 6.42. The van der Waals surface area contributed by atoms with E-state index in [1.165, 1.54) is 4.31 Å². The average Bonchev–Trinajstić information content (AvgIpc) is 2.83. The highest BCUT2D eigenvalue weighted by Crippen LogP contribution is 2.39. The molecule has 6 nitrogen and oxygen atoms in total. The van der Waals surface area contributed by atoms with Crippen molar-refractivity contribution in [3.63, 3.8) is 0 Å². The van der Waals surface area contributed by atoms with Gasteiger partial charge >= 0.3 is 0 Å². The summed E-state index contributed by atoms with van der Waals surface area (Å²) in [5, 5.41) is 1.32. The average molecular weight is 332 g/mol. The van der Waals surface area contributed by atoms with Crippen LogP contribution in [0.5, 0.6) is 0 Å². The van der Waals surface area contributed by atoms with E-state index in [1.807, 2.05) is 0 Å². The molecule has 1 saturated heterocycles. The van der Waals surface area contributed by atoms with Crippen molar-refractivity contribution in [1.29, 1.82) is 0 Å². The van der Waals surface area contributed by atoms with Crippen LogP contribution >= 0.6 is 0 Å². The van der Waals surface area contributed by atoms with Crippen LogP contribution < -0.4 is 4.90 Å². The number of sulfonamides is 1. The first kappa shape index (κ1) is 14.6. The van der Waals surface area contributed by atoms with Crippen LogP contribution in [-0.4, -0.2) is 52.0 Å². The van der Waals surface area contributed by atoms with Gasteiger partial charge in [-0.3, -0.25) is 4.79 Å². The Morgan fingerprint density at radius 2 is 1.83 bits per heavy atom. The number of hydrogen-bond donors (Lipinski definition) is 0. The van der Waals surface area contributed by atoms with Gasteiger partial charge in [-0.2, -0.15) is 4.31 Å². The minimum Gasteiger partial charge on any atom is -0.379 e. The number of benzene rings is 2. The Balaban J connectivity index is 1.95. The molecular formula is C16H16N2O4S. The summed E-state index contributed by atoms with van der Waals surface area (Å²) in [6, 6.07) is 8.55. The fraction of sp³-hybridized carbons (Fsp3) is 0.312. The van der Waals surface area contributed by atoms with Gasteiger partial charge in [0.2, 0.25) is 10.0 Å². The highest BCUT2D eigenvalue weighted by atomic mass is 32.2. The Hall–Kier alpha value is -1.96. The number of anilines is 1. The van der Waals surface area contributed by atoms with Crippen molar-refractivity contribution in [3.05, 3.63) is 35.9 Å². The fourth-order valence-electron chi connectivity index (χ4n) is 3.26. The number of carbonyl (C=O) groups excluding carboxylic acids is 1. The molecule has 0 unspecified atom stereocenters. The van der Waals surface area contributed by atoms with Crippen LogP contribution in [0.4, 0.5) is 5.69 Å². The molecule has 2 heterocycles. The van der Waals surface area contributed by atoms with Crippen molar-refractivity contribution in [1.82, 2.24) is 4.31 Å². The standard InChI is InChI=1S/C16H16N2O4S/c1-17-13-5-6-14(23(20,21)18-7-9-22-10-8-18)11-3-2-4-12(15(11)13)16(17)19/h2-6H,7-10H2,1H3. The van der Waals surface area contributed by atoms with Gasteiger partial charge in [0, 0.05) is 36.5 Å². The van der Waals surface area contributed by atoms with Crippen molar-refractivity contribution in [3.8, 4) is 0 Å². The number of amides is 1. The number of ether oxygens (including phenoxy) is 1. The zero-order chi connectivity index (χ0) is 16.2. The van der Waals surface area contributed by atoms with E-state index in [9.17, 15) is 13.2 Å². The summed E-state index contributed by atoms with van der Waals surface area (Å²) >= 11 is 0. The molecule has 0 N–H and O–H groups in total. The highest BCUT2D eigenvalue weighted by Gasteiger charge is 2.32. The van der Waals surface area contributed by atoms with E-state index in [0.717, 1.165) is 5.69 Å². The summed E-state index contributed by atoms with van der Waals surface area (Å²) in [4.78, 5) is 14.1. The molecule has 0 atom stereocenters. The zero-order valence-corrected chi connectivity index (χ0v) is 13.5. The Kier molecular flexibility index (Phi) is 3.19. The van der Waals surface area contributed by atoms with Crippen molar-refractivity contribution in [2.24, 2.45) is 0 Å². The van der Waals surface area contributed by atoms with Crippen LogP contribution in [0, 0.1) is 0 Å². The van der Waals surface area contributed by atoms with Gasteiger partial charge in [0.1, 0.15) is 0 Å². The van der Waals surface area contributed by atoms with Crippen LogP contribution in [0.25, 0.3) is 10.8 Å². The molecule has 0 bridgehead atoms. The lowest BCUT2D eigenvalue weighted by Crippen LogP contribution is -2.40. The molecule has 2 aromatic carbocycles. The molecule has 1 fully saturated rings. The molecule has 1 amide bonds. The van der Waals surface area contributed by atoms with Gasteiger partial charge in [-0.1, -0.05) is 12.1 Å². The number of carbonyl (C=O) groups is 1. The minimum absolute atomic E-state index is 0.105. The van der Waals surface area contributed by atoms with Crippen molar-refractivity contribution < 1.29 is 17.9 Å². The molecular weight excluding hydrogens is 316 g/mol. The molecule has 2 aliphatic heterocycles. The molecule has 0 aliphatic carbocycles. The predicted octanol–water partition coefficient (Wildman–Crippen LogP) is 1.45. The molecule has 2 aliphatic rings. The quantitative estimate of drug-likeness (QED) is 0.835.